The highest BCUT2D eigenvalue weighted by Gasteiger charge is 2.44. The van der Waals surface area contributed by atoms with Gasteiger partial charge in [0.25, 0.3) is 0 Å². The number of aryl methyl sites for hydroxylation is 1. The number of amides is 2. The summed E-state index contributed by atoms with van der Waals surface area (Å²) >= 11 is 1.60. The Kier molecular flexibility index (Phi) is 13.6. The molecule has 0 saturated carbocycles. The molecule has 16 nitrogen and oxygen atoms in total. The number of thiazole rings is 1. The van der Waals surface area contributed by atoms with Crippen LogP contribution in [0.25, 0.3) is 32.7 Å². The fraction of sp³-hybridized carbons (Fsp3) is 0.500. The van der Waals surface area contributed by atoms with Crippen LogP contribution in [0.1, 0.15) is 102 Å². The van der Waals surface area contributed by atoms with Crippen LogP contribution in [-0.2, 0) is 9.59 Å². The summed E-state index contributed by atoms with van der Waals surface area (Å²) in [7, 11) is 0. The second-order valence-electron chi connectivity index (χ2n) is 19.4. The largest absolute Gasteiger partial charge is 0.507 e. The number of phenols is 1. The lowest BCUT2D eigenvalue weighted by atomic mass is 9.91. The Morgan fingerprint density at radius 1 is 0.940 bits per heavy atom. The molecule has 354 valence electrons. The van der Waals surface area contributed by atoms with Gasteiger partial charge in [-0.05, 0) is 94.5 Å². The van der Waals surface area contributed by atoms with E-state index in [1.807, 2.05) is 81.7 Å². The van der Waals surface area contributed by atoms with Gasteiger partial charge in [0.15, 0.2) is 22.9 Å². The van der Waals surface area contributed by atoms with Crippen LogP contribution in [0.4, 0.5) is 11.6 Å². The van der Waals surface area contributed by atoms with Gasteiger partial charge in [-0.1, -0.05) is 55.4 Å². The first kappa shape index (κ1) is 46.2. The Hall–Kier alpha value is -5.91. The van der Waals surface area contributed by atoms with Crippen molar-refractivity contribution >= 4 is 45.8 Å². The SMILES string of the molecule is Cc1ncsc1-c1ccc([C@H](C)NC(=O)[C@@H]2C[C@@H](O)CN2C(=O)C(c2cc(N3CCC(CN4CCC(n5nc(NC(C)C)c6nnc(-c7ccccc7O)cc65)CC4)CC3)no2)C(C)C)cc1. The number of aromatic nitrogens is 6. The van der Waals surface area contributed by atoms with Crippen LogP contribution >= 0.6 is 11.3 Å². The molecule has 67 heavy (non-hydrogen) atoms. The Balaban J connectivity index is 0.787. The van der Waals surface area contributed by atoms with Crippen molar-refractivity contribution in [3.05, 3.63) is 83.2 Å². The number of carbonyl (C=O) groups excluding carboxylic acids is 2. The number of likely N-dealkylation sites (tertiary alicyclic amines) is 2. The summed E-state index contributed by atoms with van der Waals surface area (Å²) in [5, 5.41) is 46.5. The van der Waals surface area contributed by atoms with E-state index < -0.39 is 18.1 Å². The fourth-order valence-electron chi connectivity index (χ4n) is 10.2. The molecule has 7 heterocycles. The molecule has 3 fully saturated rings. The molecule has 3 aliphatic heterocycles. The molecule has 4 N–H and O–H groups in total. The van der Waals surface area contributed by atoms with Crippen molar-refractivity contribution in [3.8, 4) is 27.4 Å². The molecule has 2 amide bonds. The molecule has 2 aromatic carbocycles. The molecule has 0 bridgehead atoms. The lowest BCUT2D eigenvalue weighted by Gasteiger charge is -2.37. The monoisotopic (exact) mass is 929 g/mol. The van der Waals surface area contributed by atoms with Gasteiger partial charge in [0.1, 0.15) is 17.7 Å². The summed E-state index contributed by atoms with van der Waals surface area (Å²) in [6.07, 6.45) is 3.34. The lowest BCUT2D eigenvalue weighted by molar-refractivity contribution is -0.141. The van der Waals surface area contributed by atoms with E-state index in [0.29, 0.717) is 22.9 Å². The zero-order valence-corrected chi connectivity index (χ0v) is 40.1. The molecule has 4 aromatic heterocycles. The molecule has 0 spiro atoms. The minimum absolute atomic E-state index is 0.0807. The van der Waals surface area contributed by atoms with E-state index in [0.717, 1.165) is 103 Å². The summed E-state index contributed by atoms with van der Waals surface area (Å²) < 4.78 is 8.06. The van der Waals surface area contributed by atoms with Crippen LogP contribution in [0.5, 0.6) is 5.75 Å². The van der Waals surface area contributed by atoms with Crippen molar-refractivity contribution in [2.45, 2.75) is 110 Å². The number of piperidine rings is 2. The molecule has 0 radical (unpaired) electrons. The number of para-hydroxylation sites is 1. The van der Waals surface area contributed by atoms with Crippen molar-refractivity contribution in [1.82, 2.24) is 45.2 Å². The number of fused-ring (bicyclic) bond motifs is 1. The molecule has 0 aliphatic carbocycles. The summed E-state index contributed by atoms with van der Waals surface area (Å²) in [5.41, 5.74) is 7.76. The number of nitrogens with zero attached hydrogens (tertiary/aromatic N) is 9. The minimum atomic E-state index is -0.805. The van der Waals surface area contributed by atoms with Gasteiger partial charge in [-0.15, -0.1) is 21.5 Å². The number of nitrogens with one attached hydrogen (secondary N) is 2. The number of aliphatic hydroxyl groups is 1. The first-order valence-electron chi connectivity index (χ1n) is 23.8. The maximum Gasteiger partial charge on any atom is 0.243 e. The molecular weight excluding hydrogens is 867 g/mol. The van der Waals surface area contributed by atoms with Gasteiger partial charge in [-0.25, -0.2) is 4.98 Å². The van der Waals surface area contributed by atoms with Crippen LogP contribution in [0.15, 0.2) is 70.7 Å². The number of phenolic OH excluding ortho intramolecular Hbond substituents is 1. The molecule has 4 atom stereocenters. The van der Waals surface area contributed by atoms with E-state index in [-0.39, 0.29) is 54.6 Å². The van der Waals surface area contributed by atoms with Crippen LogP contribution < -0.4 is 15.5 Å². The normalized spacial score (nSPS) is 19.7. The summed E-state index contributed by atoms with van der Waals surface area (Å²) in [4.78, 5) is 40.0. The second kappa shape index (κ2) is 19.7. The van der Waals surface area contributed by atoms with Crippen LogP contribution in [-0.4, -0.2) is 119 Å². The van der Waals surface area contributed by atoms with E-state index in [1.165, 1.54) is 4.90 Å². The van der Waals surface area contributed by atoms with Crippen LogP contribution in [0, 0.1) is 18.8 Å². The second-order valence-corrected chi connectivity index (χ2v) is 20.2. The van der Waals surface area contributed by atoms with Crippen molar-refractivity contribution in [3.63, 3.8) is 0 Å². The van der Waals surface area contributed by atoms with Gasteiger partial charge < -0.3 is 40.1 Å². The number of hydrogen-bond acceptors (Lipinski definition) is 14. The number of β-amino-alcohol motifs (C(OH)–C–C–N with tert-alkyl or cyclic N) is 1. The first-order valence-corrected chi connectivity index (χ1v) is 24.7. The highest BCUT2D eigenvalue weighted by atomic mass is 32.1. The standard InChI is InChI=1S/C50H63N11O5S/c1-29(2)45(50(65)60-27-37(62)23-41(60)49(64)53-31(5)34-11-13-35(14-12-34)47-32(6)51-28-67-47)43-25-44(57-66-43)59-21-15-33(16-22-59)26-58-19-17-36(18-20-58)61-40-24-39(38-9-7-8-10-42(38)63)54-55-46(40)48(56-61)52-30(3)4/h7-14,24-25,28-31,33,36-37,41,45,62-63H,15-23,26-27H2,1-6H3,(H,52,56)(H,53,64)/t31-,37+,41-,45?/m0/s1. The van der Waals surface area contributed by atoms with Gasteiger partial charge in [0.2, 0.25) is 11.8 Å². The Labute approximate surface area is 395 Å². The number of aromatic hydroxyl groups is 1. The quantitative estimate of drug-likeness (QED) is 0.0838. The third-order valence-corrected chi connectivity index (χ3v) is 14.8. The summed E-state index contributed by atoms with van der Waals surface area (Å²) in [6, 6.07) is 18.5. The van der Waals surface area contributed by atoms with Crippen LogP contribution in [0.2, 0.25) is 0 Å². The minimum Gasteiger partial charge on any atom is -0.507 e. The highest BCUT2D eigenvalue weighted by Crippen LogP contribution is 2.37. The number of aliphatic hydroxyl groups excluding tert-OH is 1. The fourth-order valence-corrected chi connectivity index (χ4v) is 11.0. The molecule has 1 unspecified atom stereocenters. The number of hydrogen-bond donors (Lipinski definition) is 4. The average Bonchev–Trinajstić information content (AvgIpc) is 4.14. The lowest BCUT2D eigenvalue weighted by Crippen LogP contribution is -2.48. The third kappa shape index (κ3) is 9.90. The molecule has 6 aromatic rings. The molecule has 9 rings (SSSR count). The number of carbonyl (C=O) groups is 2. The zero-order chi connectivity index (χ0) is 46.9. The number of rotatable bonds is 14. The predicted octanol–water partition coefficient (Wildman–Crippen LogP) is 7.57. The smallest absolute Gasteiger partial charge is 0.243 e. The Bertz CT molecular complexity index is 2660. The van der Waals surface area contributed by atoms with Crippen molar-refractivity contribution in [1.29, 1.82) is 0 Å². The van der Waals surface area contributed by atoms with Gasteiger partial charge in [-0.3, -0.25) is 14.3 Å². The summed E-state index contributed by atoms with van der Waals surface area (Å²) in [6.45, 7) is 16.8. The molecule has 3 saturated heterocycles. The van der Waals surface area contributed by atoms with Crippen LogP contribution in [0.3, 0.4) is 0 Å². The maximum absolute atomic E-state index is 14.4. The van der Waals surface area contributed by atoms with Crippen molar-refractivity contribution in [2.75, 3.05) is 49.5 Å². The average molecular weight is 930 g/mol. The zero-order valence-electron chi connectivity index (χ0n) is 39.3. The Morgan fingerprint density at radius 2 is 1.69 bits per heavy atom. The Morgan fingerprint density at radius 3 is 2.37 bits per heavy atom. The van der Waals surface area contributed by atoms with E-state index >= 15 is 0 Å². The van der Waals surface area contributed by atoms with Gasteiger partial charge >= 0.3 is 0 Å². The van der Waals surface area contributed by atoms with Gasteiger partial charge in [0, 0.05) is 63.4 Å². The van der Waals surface area contributed by atoms with Crippen molar-refractivity contribution < 1.29 is 24.3 Å². The predicted molar refractivity (Wildman–Crippen MR) is 260 cm³/mol. The summed E-state index contributed by atoms with van der Waals surface area (Å²) in [5.74, 6) is 1.32. The van der Waals surface area contributed by atoms with Crippen molar-refractivity contribution in [2.24, 2.45) is 11.8 Å². The number of benzene rings is 2. The van der Waals surface area contributed by atoms with E-state index in [1.54, 1.807) is 23.5 Å². The van der Waals surface area contributed by atoms with Gasteiger partial charge in [0.05, 0.1) is 45.5 Å². The van der Waals surface area contributed by atoms with Gasteiger partial charge in [-0.2, -0.15) is 5.10 Å². The maximum atomic E-state index is 14.4. The molecule has 17 heteroatoms. The topological polar surface area (TPSA) is 191 Å². The third-order valence-electron chi connectivity index (χ3n) is 13.8. The number of anilines is 2. The molecular formula is C50H63N11O5S. The van der Waals surface area contributed by atoms with E-state index in [2.05, 4.69) is 59.3 Å². The first-order chi connectivity index (χ1) is 32.3. The van der Waals surface area contributed by atoms with E-state index in [4.69, 9.17) is 9.62 Å². The van der Waals surface area contributed by atoms with E-state index in [9.17, 15) is 19.8 Å². The molecule has 3 aliphatic rings. The highest BCUT2D eigenvalue weighted by molar-refractivity contribution is 7.13.